The van der Waals surface area contributed by atoms with Gasteiger partial charge in [-0.15, -0.1) is 0 Å². The molecule has 0 aliphatic heterocycles. The van der Waals surface area contributed by atoms with Gasteiger partial charge in [0.2, 0.25) is 5.75 Å². The topological polar surface area (TPSA) is 90.7 Å². The second-order valence-corrected chi connectivity index (χ2v) is 5.65. The molecule has 0 radical (unpaired) electrons. The van der Waals surface area contributed by atoms with Crippen LogP contribution in [0.4, 0.5) is 15.8 Å². The molecule has 7 nitrogen and oxygen atoms in total. The van der Waals surface area contributed by atoms with Crippen molar-refractivity contribution in [1.82, 2.24) is 0 Å². The number of carbonyl (C=O) groups excluding carboxylic acids is 1. The zero-order chi connectivity index (χ0) is 19.9. The Labute approximate surface area is 159 Å². The second kappa shape index (κ2) is 8.63. The Kier molecular flexibility index (Phi) is 5.81. The highest BCUT2D eigenvalue weighted by molar-refractivity contribution is 5.92. The average Bonchev–Trinajstić information content (AvgIpc) is 2.67. The number of nitro benzene ring substituents is 1. The van der Waals surface area contributed by atoms with E-state index in [4.69, 9.17) is 9.47 Å². The third-order valence-corrected chi connectivity index (χ3v) is 3.57. The summed E-state index contributed by atoms with van der Waals surface area (Å²) in [6.45, 7) is -0.520. The smallest absolute Gasteiger partial charge is 0.311 e. The van der Waals surface area contributed by atoms with Crippen molar-refractivity contribution in [3.05, 3.63) is 88.7 Å². The molecule has 0 aliphatic rings. The van der Waals surface area contributed by atoms with E-state index in [2.05, 4.69) is 5.32 Å². The molecule has 0 aliphatic carbocycles. The SMILES string of the molecule is O=C(COc1cc(F)ccc1[N+](=O)[O-])Nc1cccc(Oc2ccccc2)c1. The number of rotatable bonds is 7. The monoisotopic (exact) mass is 382 g/mol. The van der Waals surface area contributed by atoms with Crippen molar-refractivity contribution < 1.29 is 23.6 Å². The van der Waals surface area contributed by atoms with E-state index in [1.54, 1.807) is 36.4 Å². The van der Waals surface area contributed by atoms with E-state index in [9.17, 15) is 19.3 Å². The van der Waals surface area contributed by atoms with Crippen LogP contribution in [-0.2, 0) is 4.79 Å². The van der Waals surface area contributed by atoms with Crippen LogP contribution in [0.1, 0.15) is 0 Å². The van der Waals surface area contributed by atoms with Crippen LogP contribution in [0.25, 0.3) is 0 Å². The third-order valence-electron chi connectivity index (χ3n) is 3.57. The lowest BCUT2D eigenvalue weighted by Gasteiger charge is -2.10. The summed E-state index contributed by atoms with van der Waals surface area (Å²) in [5, 5.41) is 13.5. The van der Waals surface area contributed by atoms with Crippen molar-refractivity contribution in [2.24, 2.45) is 0 Å². The van der Waals surface area contributed by atoms with Crippen LogP contribution in [0, 0.1) is 15.9 Å². The number of nitrogens with one attached hydrogen (secondary N) is 1. The van der Waals surface area contributed by atoms with Gasteiger partial charge in [-0.1, -0.05) is 24.3 Å². The van der Waals surface area contributed by atoms with Gasteiger partial charge in [0.25, 0.3) is 5.91 Å². The number of hydrogen-bond donors (Lipinski definition) is 1. The number of hydrogen-bond acceptors (Lipinski definition) is 5. The summed E-state index contributed by atoms with van der Waals surface area (Å²) in [4.78, 5) is 22.3. The maximum atomic E-state index is 13.3. The molecule has 3 rings (SSSR count). The fourth-order valence-electron chi connectivity index (χ4n) is 2.36. The van der Waals surface area contributed by atoms with Crippen molar-refractivity contribution in [2.45, 2.75) is 0 Å². The van der Waals surface area contributed by atoms with Crippen LogP contribution in [-0.4, -0.2) is 17.4 Å². The van der Waals surface area contributed by atoms with Crippen molar-refractivity contribution in [3.8, 4) is 17.2 Å². The molecule has 0 unspecified atom stereocenters. The highest BCUT2D eigenvalue weighted by Crippen LogP contribution is 2.27. The summed E-state index contributed by atoms with van der Waals surface area (Å²) in [6.07, 6.45) is 0. The van der Waals surface area contributed by atoms with Crippen molar-refractivity contribution in [2.75, 3.05) is 11.9 Å². The molecular formula is C20H15FN2O5. The van der Waals surface area contributed by atoms with Crippen LogP contribution in [0.15, 0.2) is 72.8 Å². The summed E-state index contributed by atoms with van der Waals surface area (Å²) >= 11 is 0. The summed E-state index contributed by atoms with van der Waals surface area (Å²) in [5.41, 5.74) is 0.0308. The summed E-state index contributed by atoms with van der Waals surface area (Å²) in [7, 11) is 0. The highest BCUT2D eigenvalue weighted by atomic mass is 19.1. The second-order valence-electron chi connectivity index (χ2n) is 5.65. The first-order chi connectivity index (χ1) is 13.5. The Balaban J connectivity index is 1.62. The number of para-hydroxylation sites is 1. The number of ether oxygens (including phenoxy) is 2. The number of amides is 1. The number of anilines is 1. The molecule has 3 aromatic carbocycles. The summed E-state index contributed by atoms with van der Waals surface area (Å²) in [5.74, 6) is -0.415. The Morgan fingerprint density at radius 3 is 2.50 bits per heavy atom. The molecule has 0 saturated heterocycles. The summed E-state index contributed by atoms with van der Waals surface area (Å²) < 4.78 is 24.1. The summed E-state index contributed by atoms with van der Waals surface area (Å²) in [6, 6.07) is 18.6. The largest absolute Gasteiger partial charge is 0.477 e. The predicted octanol–water partition coefficient (Wildman–Crippen LogP) is 4.54. The van der Waals surface area contributed by atoms with Gasteiger partial charge in [-0.3, -0.25) is 14.9 Å². The third kappa shape index (κ3) is 5.04. The van der Waals surface area contributed by atoms with E-state index in [-0.39, 0.29) is 5.75 Å². The van der Waals surface area contributed by atoms with Gasteiger partial charge in [0, 0.05) is 23.9 Å². The number of halogens is 1. The van der Waals surface area contributed by atoms with Gasteiger partial charge in [-0.25, -0.2) is 4.39 Å². The van der Waals surface area contributed by atoms with Crippen molar-refractivity contribution in [3.63, 3.8) is 0 Å². The predicted molar refractivity (Wildman–Crippen MR) is 100 cm³/mol. The number of nitro groups is 1. The first kappa shape index (κ1) is 18.8. The molecule has 1 amide bonds. The van der Waals surface area contributed by atoms with E-state index in [0.29, 0.717) is 17.2 Å². The van der Waals surface area contributed by atoms with E-state index in [1.807, 2.05) is 18.2 Å². The van der Waals surface area contributed by atoms with Crippen LogP contribution < -0.4 is 14.8 Å². The molecule has 0 fully saturated rings. The molecule has 0 bridgehead atoms. The fraction of sp³-hybridized carbons (Fsp3) is 0.0500. The first-order valence-corrected chi connectivity index (χ1v) is 8.21. The van der Waals surface area contributed by atoms with Crippen molar-refractivity contribution >= 4 is 17.3 Å². The number of benzene rings is 3. The first-order valence-electron chi connectivity index (χ1n) is 8.21. The Hall–Kier alpha value is -3.94. The Morgan fingerprint density at radius 1 is 1.00 bits per heavy atom. The minimum atomic E-state index is -0.711. The molecule has 28 heavy (non-hydrogen) atoms. The molecular weight excluding hydrogens is 367 g/mol. The van der Waals surface area contributed by atoms with E-state index in [0.717, 1.165) is 18.2 Å². The van der Waals surface area contributed by atoms with Gasteiger partial charge in [0.15, 0.2) is 6.61 Å². The minimum Gasteiger partial charge on any atom is -0.477 e. The molecule has 142 valence electrons. The van der Waals surface area contributed by atoms with Crippen LogP contribution in [0.2, 0.25) is 0 Å². The fourth-order valence-corrected chi connectivity index (χ4v) is 2.36. The van der Waals surface area contributed by atoms with E-state index < -0.39 is 28.9 Å². The Bertz CT molecular complexity index is 995. The van der Waals surface area contributed by atoms with Crippen molar-refractivity contribution in [1.29, 1.82) is 0 Å². The zero-order valence-electron chi connectivity index (χ0n) is 14.5. The Morgan fingerprint density at radius 2 is 1.75 bits per heavy atom. The molecule has 0 aromatic heterocycles. The lowest BCUT2D eigenvalue weighted by Crippen LogP contribution is -2.20. The van der Waals surface area contributed by atoms with E-state index >= 15 is 0 Å². The lowest BCUT2D eigenvalue weighted by atomic mass is 10.3. The van der Waals surface area contributed by atoms with Crippen LogP contribution >= 0.6 is 0 Å². The van der Waals surface area contributed by atoms with Gasteiger partial charge >= 0.3 is 5.69 Å². The van der Waals surface area contributed by atoms with Gasteiger partial charge in [0.05, 0.1) is 4.92 Å². The lowest BCUT2D eigenvalue weighted by molar-refractivity contribution is -0.385. The van der Waals surface area contributed by atoms with E-state index in [1.165, 1.54) is 0 Å². The quantitative estimate of drug-likeness (QED) is 0.478. The van der Waals surface area contributed by atoms with Gasteiger partial charge < -0.3 is 14.8 Å². The number of nitrogens with zero attached hydrogens (tertiary/aromatic N) is 1. The molecule has 3 aromatic rings. The molecule has 0 saturated carbocycles. The highest BCUT2D eigenvalue weighted by Gasteiger charge is 2.17. The van der Waals surface area contributed by atoms with Gasteiger partial charge in [0.1, 0.15) is 17.3 Å². The molecule has 0 heterocycles. The standard InChI is InChI=1S/C20H15FN2O5/c21-14-9-10-18(23(25)26)19(11-14)27-13-20(24)22-15-5-4-8-17(12-15)28-16-6-2-1-3-7-16/h1-12H,13H2,(H,22,24). The average molecular weight is 382 g/mol. The molecule has 0 atom stereocenters. The van der Waals surface area contributed by atoms with Crippen LogP contribution in [0.3, 0.4) is 0 Å². The molecule has 1 N–H and O–H groups in total. The maximum Gasteiger partial charge on any atom is 0.311 e. The number of carbonyl (C=O) groups is 1. The van der Waals surface area contributed by atoms with Gasteiger partial charge in [-0.2, -0.15) is 0 Å². The molecule has 8 heteroatoms. The van der Waals surface area contributed by atoms with Gasteiger partial charge in [-0.05, 0) is 30.3 Å². The zero-order valence-corrected chi connectivity index (χ0v) is 14.5. The maximum absolute atomic E-state index is 13.3. The van der Waals surface area contributed by atoms with Crippen LogP contribution in [0.5, 0.6) is 17.2 Å². The molecule has 0 spiro atoms. The minimum absolute atomic E-state index is 0.318. The normalized spacial score (nSPS) is 10.2.